The second-order valence-corrected chi connectivity index (χ2v) is 14.0. The van der Waals surface area contributed by atoms with Crippen LogP contribution in [0.5, 0.6) is 11.5 Å². The van der Waals surface area contributed by atoms with Crippen molar-refractivity contribution in [3.05, 3.63) is 53.1 Å². The zero-order valence-electron chi connectivity index (χ0n) is 23.5. The van der Waals surface area contributed by atoms with Crippen molar-refractivity contribution in [3.8, 4) is 11.5 Å². The second kappa shape index (κ2) is 7.94. The van der Waals surface area contributed by atoms with Crippen molar-refractivity contribution in [2.24, 2.45) is 17.3 Å². The van der Waals surface area contributed by atoms with Gasteiger partial charge in [0.25, 0.3) is 0 Å². The Bertz CT molecular complexity index is 1340. The van der Waals surface area contributed by atoms with Gasteiger partial charge in [-0.2, -0.15) is 0 Å². The molecule has 2 heterocycles. The van der Waals surface area contributed by atoms with Crippen LogP contribution in [0.3, 0.4) is 0 Å². The van der Waals surface area contributed by atoms with Gasteiger partial charge in [-0.25, -0.2) is 0 Å². The molecule has 0 radical (unpaired) electrons. The number of hydrogen-bond donors (Lipinski definition) is 1. The van der Waals surface area contributed by atoms with E-state index in [9.17, 15) is 0 Å². The molecular formula is C34H42N2O3. The lowest BCUT2D eigenvalue weighted by atomic mass is 9.34. The van der Waals surface area contributed by atoms with Crippen LogP contribution in [-0.2, 0) is 16.6 Å². The van der Waals surface area contributed by atoms with E-state index in [2.05, 4.69) is 46.6 Å². The van der Waals surface area contributed by atoms with Gasteiger partial charge in [0.2, 0.25) is 0 Å². The Morgan fingerprint density at radius 3 is 2.64 bits per heavy atom. The number of likely N-dealkylation sites (tertiary alicyclic amines) is 1. The smallest absolute Gasteiger partial charge is 0.165 e. The van der Waals surface area contributed by atoms with Gasteiger partial charge in [0.15, 0.2) is 11.5 Å². The summed E-state index contributed by atoms with van der Waals surface area (Å²) in [7, 11) is 3.77. The average Bonchev–Trinajstić information content (AvgIpc) is 3.91. The van der Waals surface area contributed by atoms with Gasteiger partial charge < -0.3 is 19.5 Å². The maximum Gasteiger partial charge on any atom is 0.165 e. The molecule has 1 N–H and O–H groups in total. The van der Waals surface area contributed by atoms with Gasteiger partial charge >= 0.3 is 0 Å². The first-order valence-electron chi connectivity index (χ1n) is 15.6. The van der Waals surface area contributed by atoms with E-state index in [1.165, 1.54) is 80.4 Å². The molecule has 0 unspecified atom stereocenters. The minimum absolute atomic E-state index is 0.0102. The first-order valence-corrected chi connectivity index (χ1v) is 15.6. The number of anilines is 1. The molecule has 4 bridgehead atoms. The van der Waals surface area contributed by atoms with E-state index < -0.39 is 0 Å². The molecule has 10 rings (SSSR count). The third kappa shape index (κ3) is 2.89. The van der Waals surface area contributed by atoms with Gasteiger partial charge in [-0.3, -0.25) is 4.90 Å². The average molecular weight is 527 g/mol. The van der Waals surface area contributed by atoms with Crippen LogP contribution in [0.2, 0.25) is 0 Å². The fourth-order valence-corrected chi connectivity index (χ4v) is 10.4. The molecule has 0 aromatic heterocycles. The van der Waals surface area contributed by atoms with Crippen LogP contribution >= 0.6 is 0 Å². The van der Waals surface area contributed by atoms with Crippen molar-refractivity contribution < 1.29 is 14.2 Å². The van der Waals surface area contributed by atoms with Gasteiger partial charge in [-0.15, -0.1) is 0 Å². The number of fused-ring (bicyclic) bond motifs is 2. The monoisotopic (exact) mass is 526 g/mol. The van der Waals surface area contributed by atoms with Crippen LogP contribution in [0.15, 0.2) is 36.4 Å². The Balaban J connectivity index is 1.23. The van der Waals surface area contributed by atoms with Gasteiger partial charge in [-0.1, -0.05) is 24.3 Å². The summed E-state index contributed by atoms with van der Waals surface area (Å²) in [4.78, 5) is 2.94. The standard InChI is InChI=1S/C34H42N2O3/c1-37-27-12-11-23-17-28-32-13-14-34(38-2,25(18-32)24-5-3-4-6-26(24)35-19-21-7-8-21)31-33(32,29(23)30(27)39-31)15-16-36(28)20-22-9-10-22/h3-6,11-12,21-22,25,28,31,35H,7-10,13-20H2,1-2H3/t25-,28-,31-,32-,33+,34-/m1/s1. The molecule has 6 aliphatic carbocycles. The SMILES string of the molecule is COc1ccc2c3c1O[C@H]1[C@@]4(OC)CC[C@@]5(C[C@@H]4c4ccccc4NCC4CC4)[C@@H](C2)N(CC2CC2)CC[C@]315. The van der Waals surface area contributed by atoms with Crippen molar-refractivity contribution in [1.29, 1.82) is 0 Å². The van der Waals surface area contributed by atoms with Crippen molar-refractivity contribution in [2.75, 3.05) is 39.2 Å². The predicted octanol–water partition coefficient (Wildman–Crippen LogP) is 5.91. The number of hydrogen-bond acceptors (Lipinski definition) is 5. The van der Waals surface area contributed by atoms with E-state index in [1.54, 1.807) is 7.11 Å². The summed E-state index contributed by atoms with van der Waals surface area (Å²) in [5.41, 5.74) is 5.62. The van der Waals surface area contributed by atoms with E-state index in [1.807, 2.05) is 7.11 Å². The van der Waals surface area contributed by atoms with Crippen LogP contribution in [-0.4, -0.2) is 56.5 Å². The zero-order chi connectivity index (χ0) is 26.0. The fourth-order valence-electron chi connectivity index (χ4n) is 10.4. The molecule has 6 fully saturated rings. The highest BCUT2D eigenvalue weighted by molar-refractivity contribution is 5.65. The van der Waals surface area contributed by atoms with Gasteiger partial charge in [0.05, 0.1) is 7.11 Å². The highest BCUT2D eigenvalue weighted by Crippen LogP contribution is 2.78. The molecule has 2 aromatic rings. The minimum Gasteiger partial charge on any atom is -0.493 e. The Morgan fingerprint density at radius 2 is 1.85 bits per heavy atom. The third-order valence-corrected chi connectivity index (χ3v) is 12.5. The van der Waals surface area contributed by atoms with Crippen LogP contribution in [0.1, 0.15) is 74.0 Å². The molecule has 2 spiro atoms. The second-order valence-electron chi connectivity index (χ2n) is 14.0. The first-order chi connectivity index (χ1) is 19.1. The number of nitrogens with one attached hydrogen (secondary N) is 1. The fraction of sp³-hybridized carbons (Fsp3) is 0.647. The Kier molecular flexibility index (Phi) is 4.78. The lowest BCUT2D eigenvalue weighted by Gasteiger charge is -2.74. The topological polar surface area (TPSA) is 43.0 Å². The maximum atomic E-state index is 7.26. The molecule has 8 aliphatic rings. The van der Waals surface area contributed by atoms with Gasteiger partial charge in [-0.05, 0) is 99.4 Å². The molecule has 5 saturated carbocycles. The van der Waals surface area contributed by atoms with Gasteiger partial charge in [0.1, 0.15) is 11.7 Å². The lowest BCUT2D eigenvalue weighted by molar-refractivity contribution is -0.261. The number of methoxy groups -OCH3 is 2. The van der Waals surface area contributed by atoms with E-state index >= 15 is 0 Å². The van der Waals surface area contributed by atoms with E-state index in [0.29, 0.717) is 12.0 Å². The molecular weight excluding hydrogens is 484 g/mol. The third-order valence-electron chi connectivity index (χ3n) is 12.5. The van der Waals surface area contributed by atoms with E-state index in [-0.39, 0.29) is 22.5 Å². The largest absolute Gasteiger partial charge is 0.493 e. The molecule has 0 amide bonds. The van der Waals surface area contributed by atoms with Crippen LogP contribution < -0.4 is 14.8 Å². The Labute approximate surface area is 232 Å². The lowest BCUT2D eigenvalue weighted by Crippen LogP contribution is -2.80. The van der Waals surface area contributed by atoms with E-state index in [0.717, 1.165) is 42.7 Å². The summed E-state index contributed by atoms with van der Waals surface area (Å²) in [6.45, 7) is 3.55. The summed E-state index contributed by atoms with van der Waals surface area (Å²) in [6.07, 6.45) is 11.4. The summed E-state index contributed by atoms with van der Waals surface area (Å²) in [6, 6.07) is 14.2. The van der Waals surface area contributed by atoms with Crippen LogP contribution in [0.25, 0.3) is 0 Å². The van der Waals surface area contributed by atoms with Crippen molar-refractivity contribution in [2.45, 2.75) is 86.9 Å². The molecule has 2 aromatic carbocycles. The van der Waals surface area contributed by atoms with Crippen LogP contribution in [0, 0.1) is 17.3 Å². The Hall–Kier alpha value is -2.24. The zero-order valence-corrected chi connectivity index (χ0v) is 23.5. The Morgan fingerprint density at radius 1 is 1.00 bits per heavy atom. The molecule has 6 atom stereocenters. The summed E-state index contributed by atoms with van der Waals surface area (Å²) >= 11 is 0. The number of piperidine rings is 1. The van der Waals surface area contributed by atoms with Crippen LogP contribution in [0.4, 0.5) is 5.69 Å². The van der Waals surface area contributed by atoms with E-state index in [4.69, 9.17) is 14.2 Å². The summed E-state index contributed by atoms with van der Waals surface area (Å²) in [5, 5.41) is 3.88. The number of benzene rings is 2. The van der Waals surface area contributed by atoms with Gasteiger partial charge in [0, 0.05) is 54.2 Å². The minimum atomic E-state index is -0.346. The number of para-hydroxylation sites is 1. The predicted molar refractivity (Wildman–Crippen MR) is 152 cm³/mol. The molecule has 1 saturated heterocycles. The first kappa shape index (κ1) is 23.5. The quantitative estimate of drug-likeness (QED) is 0.463. The maximum absolute atomic E-state index is 7.26. The summed E-state index contributed by atoms with van der Waals surface area (Å²) in [5.74, 6) is 3.99. The summed E-state index contributed by atoms with van der Waals surface area (Å²) < 4.78 is 20.1. The molecule has 2 aliphatic heterocycles. The molecule has 39 heavy (non-hydrogen) atoms. The normalized spacial score (nSPS) is 39.3. The number of nitrogens with zero attached hydrogens (tertiary/aromatic N) is 1. The highest BCUT2D eigenvalue weighted by atomic mass is 16.6. The van der Waals surface area contributed by atoms with Crippen molar-refractivity contribution in [1.82, 2.24) is 4.90 Å². The molecule has 206 valence electrons. The molecule has 5 heteroatoms. The molecule has 5 nitrogen and oxygen atoms in total. The highest BCUT2D eigenvalue weighted by Gasteiger charge is 2.80. The van der Waals surface area contributed by atoms with Crippen molar-refractivity contribution in [3.63, 3.8) is 0 Å². The number of ether oxygens (including phenoxy) is 3. The van der Waals surface area contributed by atoms with Crippen molar-refractivity contribution >= 4 is 5.69 Å². The number of rotatable bonds is 8.